The third kappa shape index (κ3) is 3.56. The van der Waals surface area contributed by atoms with Crippen LogP contribution >= 0.6 is 0 Å². The van der Waals surface area contributed by atoms with E-state index in [1.54, 1.807) is 0 Å². The van der Waals surface area contributed by atoms with Crippen molar-refractivity contribution in [2.45, 2.75) is 39.2 Å². The highest BCUT2D eigenvalue weighted by molar-refractivity contribution is 5.25. The third-order valence-corrected chi connectivity index (χ3v) is 4.17. The molecular weight excluding hydrogens is 222 g/mol. The minimum Gasteiger partial charge on any atom is -0.393 e. The number of hydrogen-bond acceptors (Lipinski definition) is 2. The SMILES string of the molecule is Cc1ccccc1CCCN1CCC(C(C)O)C1. The zero-order valence-electron chi connectivity index (χ0n) is 11.6. The van der Waals surface area contributed by atoms with E-state index in [2.05, 4.69) is 36.1 Å². The quantitative estimate of drug-likeness (QED) is 0.864. The maximum Gasteiger partial charge on any atom is 0.0552 e. The number of rotatable bonds is 5. The standard InChI is InChI=1S/C16H25NO/c1-13-6-3-4-7-15(13)8-5-10-17-11-9-16(12-17)14(2)18/h3-4,6-7,14,16,18H,5,8-12H2,1-2H3. The normalized spacial score (nSPS) is 22.3. The summed E-state index contributed by atoms with van der Waals surface area (Å²) in [5.41, 5.74) is 2.88. The number of likely N-dealkylation sites (tertiary alicyclic amines) is 1. The summed E-state index contributed by atoms with van der Waals surface area (Å²) in [5.74, 6) is 0.489. The van der Waals surface area contributed by atoms with Crippen molar-refractivity contribution in [1.82, 2.24) is 4.90 Å². The molecule has 2 atom stereocenters. The summed E-state index contributed by atoms with van der Waals surface area (Å²) in [5, 5.41) is 9.58. The van der Waals surface area contributed by atoms with Crippen molar-refractivity contribution < 1.29 is 5.11 Å². The summed E-state index contributed by atoms with van der Waals surface area (Å²) in [7, 11) is 0. The molecule has 0 saturated carbocycles. The molecule has 2 rings (SSSR count). The van der Waals surface area contributed by atoms with Crippen LogP contribution in [0.1, 0.15) is 30.9 Å². The molecular formula is C16H25NO. The van der Waals surface area contributed by atoms with Gasteiger partial charge >= 0.3 is 0 Å². The van der Waals surface area contributed by atoms with Crippen molar-refractivity contribution in [3.05, 3.63) is 35.4 Å². The zero-order chi connectivity index (χ0) is 13.0. The van der Waals surface area contributed by atoms with Gasteiger partial charge in [-0.15, -0.1) is 0 Å². The van der Waals surface area contributed by atoms with Gasteiger partial charge in [-0.05, 0) is 63.2 Å². The number of benzene rings is 1. The van der Waals surface area contributed by atoms with Gasteiger partial charge in [0.1, 0.15) is 0 Å². The lowest BCUT2D eigenvalue weighted by molar-refractivity contribution is 0.127. The van der Waals surface area contributed by atoms with Crippen LogP contribution in [-0.4, -0.2) is 35.7 Å². The Morgan fingerprint density at radius 2 is 2.17 bits per heavy atom. The number of aliphatic hydroxyl groups excluding tert-OH is 1. The molecule has 1 saturated heterocycles. The molecule has 1 aromatic rings. The summed E-state index contributed by atoms with van der Waals surface area (Å²) < 4.78 is 0. The fraction of sp³-hybridized carbons (Fsp3) is 0.625. The summed E-state index contributed by atoms with van der Waals surface area (Å²) in [6.07, 6.45) is 3.40. The molecule has 1 N–H and O–H groups in total. The van der Waals surface area contributed by atoms with E-state index in [1.807, 2.05) is 6.92 Å². The first kappa shape index (κ1) is 13.6. The van der Waals surface area contributed by atoms with Gasteiger partial charge < -0.3 is 10.0 Å². The van der Waals surface area contributed by atoms with Crippen LogP contribution in [0.15, 0.2) is 24.3 Å². The third-order valence-electron chi connectivity index (χ3n) is 4.17. The average molecular weight is 247 g/mol. The van der Waals surface area contributed by atoms with E-state index in [-0.39, 0.29) is 6.10 Å². The number of hydrogen-bond donors (Lipinski definition) is 1. The van der Waals surface area contributed by atoms with Crippen LogP contribution in [0.4, 0.5) is 0 Å². The van der Waals surface area contributed by atoms with Crippen molar-refractivity contribution in [2.24, 2.45) is 5.92 Å². The molecule has 18 heavy (non-hydrogen) atoms. The largest absolute Gasteiger partial charge is 0.393 e. The maximum atomic E-state index is 9.58. The van der Waals surface area contributed by atoms with Crippen LogP contribution in [0.3, 0.4) is 0 Å². The van der Waals surface area contributed by atoms with E-state index in [9.17, 15) is 5.11 Å². The lowest BCUT2D eigenvalue weighted by Crippen LogP contribution is -2.25. The second kappa shape index (κ2) is 6.35. The van der Waals surface area contributed by atoms with Gasteiger partial charge in [0.2, 0.25) is 0 Å². The van der Waals surface area contributed by atoms with E-state index in [4.69, 9.17) is 0 Å². The summed E-state index contributed by atoms with van der Waals surface area (Å²) in [6, 6.07) is 8.65. The highest BCUT2D eigenvalue weighted by Gasteiger charge is 2.25. The molecule has 2 nitrogen and oxygen atoms in total. The van der Waals surface area contributed by atoms with Crippen molar-refractivity contribution in [3.8, 4) is 0 Å². The lowest BCUT2D eigenvalue weighted by Gasteiger charge is -2.17. The van der Waals surface area contributed by atoms with E-state index >= 15 is 0 Å². The first-order valence-corrected chi connectivity index (χ1v) is 7.11. The molecule has 1 aromatic carbocycles. The van der Waals surface area contributed by atoms with Gasteiger partial charge in [0.15, 0.2) is 0 Å². The second-order valence-electron chi connectivity index (χ2n) is 5.62. The van der Waals surface area contributed by atoms with Crippen LogP contribution in [0, 0.1) is 12.8 Å². The lowest BCUT2D eigenvalue weighted by atomic mass is 10.0. The molecule has 0 aromatic heterocycles. The van der Waals surface area contributed by atoms with Gasteiger partial charge in [-0.3, -0.25) is 0 Å². The molecule has 2 heteroatoms. The van der Waals surface area contributed by atoms with Gasteiger partial charge in [-0.2, -0.15) is 0 Å². The fourth-order valence-corrected chi connectivity index (χ4v) is 2.84. The Morgan fingerprint density at radius 3 is 2.83 bits per heavy atom. The zero-order valence-corrected chi connectivity index (χ0v) is 11.6. The maximum absolute atomic E-state index is 9.58. The Bertz CT molecular complexity index is 375. The molecule has 0 bridgehead atoms. The minimum atomic E-state index is -0.147. The van der Waals surface area contributed by atoms with Crippen molar-refractivity contribution in [3.63, 3.8) is 0 Å². The minimum absolute atomic E-state index is 0.147. The smallest absolute Gasteiger partial charge is 0.0552 e. The topological polar surface area (TPSA) is 23.5 Å². The number of aliphatic hydroxyl groups is 1. The van der Waals surface area contributed by atoms with E-state index in [1.165, 1.54) is 24.0 Å². The highest BCUT2D eigenvalue weighted by atomic mass is 16.3. The Balaban J connectivity index is 1.72. The molecule has 0 radical (unpaired) electrons. The highest BCUT2D eigenvalue weighted by Crippen LogP contribution is 2.20. The average Bonchev–Trinajstić information content (AvgIpc) is 2.80. The van der Waals surface area contributed by atoms with Crippen molar-refractivity contribution in [1.29, 1.82) is 0 Å². The van der Waals surface area contributed by atoms with Crippen LogP contribution in [0.25, 0.3) is 0 Å². The molecule has 100 valence electrons. The molecule has 1 aliphatic heterocycles. The Labute approximate surface area is 111 Å². The first-order chi connectivity index (χ1) is 8.66. The predicted octanol–water partition coefficient (Wildman–Crippen LogP) is 2.63. The fourth-order valence-electron chi connectivity index (χ4n) is 2.84. The summed E-state index contributed by atoms with van der Waals surface area (Å²) >= 11 is 0. The molecule has 1 aliphatic rings. The summed E-state index contributed by atoms with van der Waals surface area (Å²) in [6.45, 7) is 7.50. The van der Waals surface area contributed by atoms with Crippen LogP contribution in [0.5, 0.6) is 0 Å². The molecule has 0 aliphatic carbocycles. The van der Waals surface area contributed by atoms with E-state index in [0.717, 1.165) is 26.1 Å². The van der Waals surface area contributed by atoms with Gasteiger partial charge in [-0.25, -0.2) is 0 Å². The number of nitrogens with zero attached hydrogens (tertiary/aromatic N) is 1. The van der Waals surface area contributed by atoms with Crippen molar-refractivity contribution >= 4 is 0 Å². The molecule has 0 amide bonds. The van der Waals surface area contributed by atoms with Gasteiger partial charge in [-0.1, -0.05) is 24.3 Å². The Hall–Kier alpha value is -0.860. The Morgan fingerprint density at radius 1 is 1.39 bits per heavy atom. The first-order valence-electron chi connectivity index (χ1n) is 7.11. The summed E-state index contributed by atoms with van der Waals surface area (Å²) in [4.78, 5) is 2.50. The van der Waals surface area contributed by atoms with Gasteiger partial charge in [0, 0.05) is 6.54 Å². The number of aryl methyl sites for hydroxylation is 2. The monoisotopic (exact) mass is 247 g/mol. The molecule has 1 fully saturated rings. The van der Waals surface area contributed by atoms with Crippen LogP contribution < -0.4 is 0 Å². The molecule has 1 heterocycles. The second-order valence-corrected chi connectivity index (χ2v) is 5.62. The Kier molecular flexibility index (Phi) is 4.79. The van der Waals surface area contributed by atoms with E-state index in [0.29, 0.717) is 5.92 Å². The molecule has 2 unspecified atom stereocenters. The van der Waals surface area contributed by atoms with Gasteiger partial charge in [0.25, 0.3) is 0 Å². The van der Waals surface area contributed by atoms with Crippen molar-refractivity contribution in [2.75, 3.05) is 19.6 Å². The predicted molar refractivity (Wildman–Crippen MR) is 75.7 cm³/mol. The van der Waals surface area contributed by atoms with Crippen LogP contribution in [-0.2, 0) is 6.42 Å². The van der Waals surface area contributed by atoms with E-state index < -0.39 is 0 Å². The van der Waals surface area contributed by atoms with Crippen LogP contribution in [0.2, 0.25) is 0 Å². The molecule has 0 spiro atoms. The van der Waals surface area contributed by atoms with Gasteiger partial charge in [0.05, 0.1) is 6.10 Å².